The molecule has 212 valence electrons. The van der Waals surface area contributed by atoms with Gasteiger partial charge in [-0.2, -0.15) is 0 Å². The summed E-state index contributed by atoms with van der Waals surface area (Å²) in [6, 6.07) is -0.970. The maximum Gasteiger partial charge on any atom is 0.478 e. The van der Waals surface area contributed by atoms with Gasteiger partial charge in [-0.3, -0.25) is 18.4 Å². The Balaban J connectivity index is 1.57. The molecule has 3 rings (SSSR count). The second-order valence-corrected chi connectivity index (χ2v) is 12.0. The van der Waals surface area contributed by atoms with E-state index in [2.05, 4.69) is 20.7 Å². The van der Waals surface area contributed by atoms with Gasteiger partial charge < -0.3 is 49.7 Å². The van der Waals surface area contributed by atoms with E-state index >= 15 is 0 Å². The maximum atomic E-state index is 12.3. The summed E-state index contributed by atoms with van der Waals surface area (Å²) in [6.07, 6.45) is -7.28. The number of carbonyl (C=O) groups is 1. The number of nitrogens with zero attached hydrogens (tertiary/aromatic N) is 2. The van der Waals surface area contributed by atoms with Gasteiger partial charge in [-0.15, -0.1) is 0 Å². The zero-order chi connectivity index (χ0) is 27.9. The Kier molecular flexibility index (Phi) is 9.41. The highest BCUT2D eigenvalue weighted by molar-refractivity contribution is 7.60. The van der Waals surface area contributed by atoms with E-state index in [0.717, 1.165) is 0 Å². The average molecular weight is 572 g/mol. The van der Waals surface area contributed by atoms with Gasteiger partial charge in [0.15, 0.2) is 6.29 Å². The molecule has 3 heterocycles. The number of aliphatic hydroxyl groups excluding tert-OH is 3. The van der Waals surface area contributed by atoms with Crippen LogP contribution in [-0.4, -0.2) is 106 Å². The van der Waals surface area contributed by atoms with Gasteiger partial charge in [0.25, 0.3) is 13.7 Å². The smallest absolute Gasteiger partial charge is 0.478 e. The van der Waals surface area contributed by atoms with Crippen LogP contribution in [0.15, 0.2) is 24.2 Å². The van der Waals surface area contributed by atoms with Crippen LogP contribution in [0.4, 0.5) is 0 Å². The van der Waals surface area contributed by atoms with Crippen LogP contribution in [0.25, 0.3) is 0 Å². The number of rotatable bonds is 9. The van der Waals surface area contributed by atoms with Crippen LogP contribution in [0.2, 0.25) is 0 Å². The predicted molar refractivity (Wildman–Crippen MR) is 122 cm³/mol. The van der Waals surface area contributed by atoms with Gasteiger partial charge >= 0.3 is 7.82 Å². The van der Waals surface area contributed by atoms with Gasteiger partial charge in [-0.05, 0) is 27.9 Å². The molecule has 0 radical (unpaired) electrons. The molecule has 0 bridgehead atoms. The number of amides is 1. The topological polar surface area (TPSA) is 220 Å². The summed E-state index contributed by atoms with van der Waals surface area (Å²) in [4.78, 5) is 36.8. The standard InChI is InChI=1S/C19H33N3O13P2/c1-9-7-22(11(3)20-18(9)26)14-6-12(23)13(33-14)8-31-36(27,28)35-37(29,30)34-19-17(25)15(21(4)5)16(24)10(2)32-19/h7,10,12-17,19,23-25H,3,6,8H2,1-2,4-5H3,(H,20,26)(H,27,28)(H,29,30)/p-1/t10?,12?,13-,14-,15+,16-,17?,19-/m1/s1. The summed E-state index contributed by atoms with van der Waals surface area (Å²) < 4.78 is 49.0. The Morgan fingerprint density at radius 3 is 2.54 bits per heavy atom. The molecular formula is C19H32N3O13P2-. The number of ether oxygens (including phenoxy) is 2. The fourth-order valence-corrected chi connectivity index (χ4v) is 6.23. The lowest BCUT2D eigenvalue weighted by Gasteiger charge is -2.45. The number of likely N-dealkylation sites (N-methyl/N-ethyl adjacent to an activating group) is 1. The first-order chi connectivity index (χ1) is 17.0. The molecule has 0 spiro atoms. The Hall–Kier alpha value is -1.23. The highest BCUT2D eigenvalue weighted by Gasteiger charge is 2.47. The van der Waals surface area contributed by atoms with E-state index in [9.17, 15) is 39.0 Å². The molecule has 3 aliphatic rings. The molecule has 5 N–H and O–H groups in total. The third kappa shape index (κ3) is 7.25. The van der Waals surface area contributed by atoms with Crippen LogP contribution in [-0.2, 0) is 36.8 Å². The van der Waals surface area contributed by atoms with E-state index < -0.39 is 71.3 Å². The molecule has 0 aliphatic carbocycles. The normalized spacial score (nSPS) is 38.2. The van der Waals surface area contributed by atoms with Crippen molar-refractivity contribution < 1.29 is 61.9 Å². The van der Waals surface area contributed by atoms with Crippen molar-refractivity contribution in [3.05, 3.63) is 24.2 Å². The highest BCUT2D eigenvalue weighted by atomic mass is 31.3. The molecule has 0 aromatic heterocycles. The van der Waals surface area contributed by atoms with Crippen LogP contribution in [0.1, 0.15) is 20.3 Å². The SMILES string of the molecule is C=C1NC(=O)C(C)=CN1[C@H]1CC(O)[C@@H](COP(=O)(O)OP(=O)([O-])O[C@H]2OC(C)[C@@H](O)[C@H](N(C)C)C2O)O1. The molecule has 2 fully saturated rings. The molecule has 1 amide bonds. The van der Waals surface area contributed by atoms with Crippen molar-refractivity contribution >= 4 is 21.6 Å². The van der Waals surface area contributed by atoms with Crippen molar-refractivity contribution in [3.63, 3.8) is 0 Å². The monoisotopic (exact) mass is 572 g/mol. The Bertz CT molecular complexity index is 1010. The van der Waals surface area contributed by atoms with Crippen molar-refractivity contribution in [2.75, 3.05) is 20.7 Å². The summed E-state index contributed by atoms with van der Waals surface area (Å²) in [5.74, 6) is -0.156. The molecule has 0 aromatic carbocycles. The first kappa shape index (κ1) is 30.3. The summed E-state index contributed by atoms with van der Waals surface area (Å²) in [5.41, 5.74) is 0.359. The van der Waals surface area contributed by atoms with Crippen LogP contribution < -0.4 is 10.2 Å². The minimum atomic E-state index is -5.60. The van der Waals surface area contributed by atoms with Crippen molar-refractivity contribution in [3.8, 4) is 0 Å². The Morgan fingerprint density at radius 1 is 1.27 bits per heavy atom. The quantitative estimate of drug-likeness (QED) is 0.194. The molecule has 0 aromatic rings. The summed E-state index contributed by atoms with van der Waals surface area (Å²) >= 11 is 0. The number of hydrogen-bond donors (Lipinski definition) is 5. The summed E-state index contributed by atoms with van der Waals surface area (Å²) in [6.45, 7) is 5.94. The van der Waals surface area contributed by atoms with E-state index in [4.69, 9.17) is 14.0 Å². The van der Waals surface area contributed by atoms with Crippen molar-refractivity contribution in [1.29, 1.82) is 0 Å². The average Bonchev–Trinajstić information content (AvgIpc) is 3.12. The van der Waals surface area contributed by atoms with Crippen LogP contribution >= 0.6 is 15.6 Å². The zero-order valence-electron chi connectivity index (χ0n) is 20.6. The Labute approximate surface area is 213 Å². The van der Waals surface area contributed by atoms with Crippen LogP contribution in [0.3, 0.4) is 0 Å². The Morgan fingerprint density at radius 2 is 1.92 bits per heavy atom. The zero-order valence-corrected chi connectivity index (χ0v) is 22.4. The molecule has 18 heteroatoms. The lowest BCUT2D eigenvalue weighted by atomic mass is 9.96. The van der Waals surface area contributed by atoms with Gasteiger partial charge in [0.05, 0.1) is 31.0 Å². The largest absolute Gasteiger partial charge is 0.756 e. The lowest BCUT2D eigenvalue weighted by Crippen LogP contribution is -2.62. The second kappa shape index (κ2) is 11.5. The van der Waals surface area contributed by atoms with E-state index in [1.54, 1.807) is 6.92 Å². The number of hydrogen-bond acceptors (Lipinski definition) is 14. The molecule has 5 unspecified atom stereocenters. The second-order valence-electron chi connectivity index (χ2n) is 9.10. The first-order valence-electron chi connectivity index (χ1n) is 11.2. The third-order valence-corrected chi connectivity index (χ3v) is 8.58. The summed E-state index contributed by atoms with van der Waals surface area (Å²) in [5, 5.41) is 33.4. The lowest BCUT2D eigenvalue weighted by molar-refractivity contribution is -0.287. The van der Waals surface area contributed by atoms with Gasteiger partial charge in [0.1, 0.15) is 24.3 Å². The fourth-order valence-electron chi connectivity index (χ4n) is 4.11. The highest BCUT2D eigenvalue weighted by Crippen LogP contribution is 2.59. The van der Waals surface area contributed by atoms with Gasteiger partial charge in [0, 0.05) is 18.2 Å². The summed E-state index contributed by atoms with van der Waals surface area (Å²) in [7, 11) is -7.84. The minimum Gasteiger partial charge on any atom is -0.756 e. The molecule has 3 aliphatic heterocycles. The molecular weight excluding hydrogens is 540 g/mol. The van der Waals surface area contributed by atoms with Gasteiger partial charge in [0.2, 0.25) is 0 Å². The number of aliphatic hydroxyl groups is 3. The number of phosphoric ester groups is 2. The van der Waals surface area contributed by atoms with Crippen molar-refractivity contribution in [1.82, 2.24) is 15.1 Å². The predicted octanol–water partition coefficient (Wildman–Crippen LogP) is -1.72. The van der Waals surface area contributed by atoms with Crippen molar-refractivity contribution in [2.45, 2.75) is 69.3 Å². The van der Waals surface area contributed by atoms with E-state index in [0.29, 0.717) is 5.57 Å². The molecule has 37 heavy (non-hydrogen) atoms. The van der Waals surface area contributed by atoms with Crippen molar-refractivity contribution in [2.24, 2.45) is 0 Å². The molecule has 2 saturated heterocycles. The van der Waals surface area contributed by atoms with E-state index in [1.807, 2.05) is 0 Å². The van der Waals surface area contributed by atoms with Crippen LogP contribution in [0, 0.1) is 0 Å². The van der Waals surface area contributed by atoms with E-state index in [-0.39, 0.29) is 18.1 Å². The molecule has 0 saturated carbocycles. The number of phosphoric acid groups is 2. The molecule has 10 atom stereocenters. The van der Waals surface area contributed by atoms with E-state index in [1.165, 1.54) is 37.0 Å². The third-order valence-electron chi connectivity index (χ3n) is 6.02. The number of carbonyl (C=O) groups excluding carboxylic acids is 1. The minimum absolute atomic E-state index is 0.0143. The van der Waals surface area contributed by atoms with Gasteiger partial charge in [-0.25, -0.2) is 8.88 Å². The van der Waals surface area contributed by atoms with Crippen LogP contribution in [0.5, 0.6) is 0 Å². The molecule has 16 nitrogen and oxygen atoms in total. The maximum absolute atomic E-state index is 12.3. The fraction of sp³-hybridized carbons (Fsp3) is 0.737. The first-order valence-corrected chi connectivity index (χ1v) is 14.1. The number of nitrogens with one attached hydrogen (secondary N) is 1. The van der Waals surface area contributed by atoms with Gasteiger partial charge in [-0.1, -0.05) is 6.58 Å².